The molecule has 34 heavy (non-hydrogen) atoms. The standard InChI is InChI=1S/C27H30N6O/c1-3-4-7-14-33-25-23(30-27(33)32-13-8-10-21(28)17-32)12-15-31(26(25)34)18-24-22-11-6-5-9-20(22)16-19(2)29-24/h5-6,9,11-12,15-16,21H,3,8,10,13-14,17-18,28H2,1-2H3. The van der Waals surface area contributed by atoms with Gasteiger partial charge in [-0.15, -0.1) is 5.92 Å². The number of piperidine rings is 1. The van der Waals surface area contributed by atoms with Crippen LogP contribution in [0.4, 0.5) is 5.95 Å². The highest BCUT2D eigenvalue weighted by Gasteiger charge is 2.24. The molecule has 0 amide bonds. The SMILES string of the molecule is CCC#CCn1c(N2CCCC(N)C2)nc2ccn(Cc3nc(C)cc4ccccc34)c(=O)c21. The molecule has 7 heteroatoms. The number of hydrogen-bond acceptors (Lipinski definition) is 5. The Morgan fingerprint density at radius 1 is 1.18 bits per heavy atom. The maximum absolute atomic E-state index is 13.8. The summed E-state index contributed by atoms with van der Waals surface area (Å²) in [5.74, 6) is 7.11. The van der Waals surface area contributed by atoms with Crippen LogP contribution in [0.3, 0.4) is 0 Å². The second kappa shape index (κ2) is 9.32. The lowest BCUT2D eigenvalue weighted by molar-refractivity contribution is 0.496. The number of nitrogens with zero attached hydrogens (tertiary/aromatic N) is 5. The van der Waals surface area contributed by atoms with Gasteiger partial charge in [0.1, 0.15) is 5.52 Å². The van der Waals surface area contributed by atoms with E-state index < -0.39 is 0 Å². The molecule has 4 heterocycles. The van der Waals surface area contributed by atoms with Crippen molar-refractivity contribution in [3.8, 4) is 11.8 Å². The van der Waals surface area contributed by atoms with Crippen LogP contribution >= 0.6 is 0 Å². The number of aryl methyl sites for hydroxylation is 1. The summed E-state index contributed by atoms with van der Waals surface area (Å²) in [5.41, 5.74) is 9.26. The van der Waals surface area contributed by atoms with Crippen molar-refractivity contribution in [2.75, 3.05) is 18.0 Å². The second-order valence-corrected chi connectivity index (χ2v) is 8.97. The van der Waals surface area contributed by atoms with Gasteiger partial charge in [-0.1, -0.05) is 37.1 Å². The minimum atomic E-state index is -0.0803. The molecule has 1 unspecified atom stereocenters. The lowest BCUT2D eigenvalue weighted by Gasteiger charge is -2.31. The Balaban J connectivity index is 1.62. The van der Waals surface area contributed by atoms with Crippen LogP contribution in [0, 0.1) is 18.8 Å². The zero-order chi connectivity index (χ0) is 23.7. The summed E-state index contributed by atoms with van der Waals surface area (Å²) in [6.07, 6.45) is 4.62. The molecule has 1 saturated heterocycles. The third-order valence-electron chi connectivity index (χ3n) is 6.40. The fraction of sp³-hybridized carbons (Fsp3) is 0.370. The Morgan fingerprint density at radius 2 is 2.03 bits per heavy atom. The zero-order valence-corrected chi connectivity index (χ0v) is 19.8. The molecular formula is C27H30N6O. The van der Waals surface area contributed by atoms with Crippen molar-refractivity contribution in [3.63, 3.8) is 0 Å². The van der Waals surface area contributed by atoms with Crippen LogP contribution in [0.2, 0.25) is 0 Å². The molecule has 7 nitrogen and oxygen atoms in total. The van der Waals surface area contributed by atoms with Gasteiger partial charge in [-0.05, 0) is 37.3 Å². The van der Waals surface area contributed by atoms with Gasteiger partial charge in [-0.25, -0.2) is 4.98 Å². The van der Waals surface area contributed by atoms with E-state index in [4.69, 9.17) is 15.7 Å². The minimum absolute atomic E-state index is 0.0803. The highest BCUT2D eigenvalue weighted by molar-refractivity contribution is 5.85. The number of hydrogen-bond donors (Lipinski definition) is 1. The number of pyridine rings is 2. The van der Waals surface area contributed by atoms with Crippen LogP contribution in [0.5, 0.6) is 0 Å². The molecule has 3 aromatic heterocycles. The van der Waals surface area contributed by atoms with Crippen molar-refractivity contribution >= 4 is 27.8 Å². The summed E-state index contributed by atoms with van der Waals surface area (Å²) in [4.78, 5) is 25.6. The van der Waals surface area contributed by atoms with Crippen LogP contribution in [-0.2, 0) is 13.1 Å². The summed E-state index contributed by atoms with van der Waals surface area (Å²) in [6, 6.07) is 12.3. The van der Waals surface area contributed by atoms with E-state index in [0.29, 0.717) is 24.1 Å². The molecule has 1 atom stereocenters. The number of anilines is 1. The van der Waals surface area contributed by atoms with E-state index >= 15 is 0 Å². The van der Waals surface area contributed by atoms with Crippen molar-refractivity contribution in [2.45, 2.75) is 52.2 Å². The maximum atomic E-state index is 13.8. The minimum Gasteiger partial charge on any atom is -0.341 e. The van der Waals surface area contributed by atoms with E-state index in [1.165, 1.54) is 0 Å². The van der Waals surface area contributed by atoms with Gasteiger partial charge in [0.25, 0.3) is 5.56 Å². The maximum Gasteiger partial charge on any atom is 0.277 e. The topological polar surface area (TPSA) is 82.0 Å². The van der Waals surface area contributed by atoms with E-state index in [9.17, 15) is 4.79 Å². The predicted octanol–water partition coefficient (Wildman–Crippen LogP) is 3.44. The molecule has 0 saturated carbocycles. The lowest BCUT2D eigenvalue weighted by Crippen LogP contribution is -2.44. The number of fused-ring (bicyclic) bond motifs is 2. The predicted molar refractivity (Wildman–Crippen MR) is 137 cm³/mol. The van der Waals surface area contributed by atoms with E-state index in [0.717, 1.165) is 60.5 Å². The van der Waals surface area contributed by atoms with Gasteiger partial charge in [-0.3, -0.25) is 14.3 Å². The Kier molecular flexibility index (Phi) is 6.08. The van der Waals surface area contributed by atoms with E-state index in [-0.39, 0.29) is 11.6 Å². The Labute approximate surface area is 199 Å². The first-order chi connectivity index (χ1) is 16.5. The highest BCUT2D eigenvalue weighted by atomic mass is 16.1. The molecule has 0 spiro atoms. The summed E-state index contributed by atoms with van der Waals surface area (Å²) in [5, 5.41) is 2.19. The molecule has 174 valence electrons. The first-order valence-corrected chi connectivity index (χ1v) is 12.0. The molecule has 0 bridgehead atoms. The fourth-order valence-electron chi connectivity index (χ4n) is 4.83. The Morgan fingerprint density at radius 3 is 2.85 bits per heavy atom. The molecule has 1 fully saturated rings. The van der Waals surface area contributed by atoms with Crippen molar-refractivity contribution in [1.29, 1.82) is 0 Å². The van der Waals surface area contributed by atoms with Crippen molar-refractivity contribution in [2.24, 2.45) is 5.73 Å². The van der Waals surface area contributed by atoms with E-state index in [1.54, 1.807) is 4.57 Å². The van der Waals surface area contributed by atoms with Crippen LogP contribution < -0.4 is 16.2 Å². The van der Waals surface area contributed by atoms with Crippen molar-refractivity contribution in [3.05, 3.63) is 64.3 Å². The average Bonchev–Trinajstić information content (AvgIpc) is 3.20. The molecular weight excluding hydrogens is 424 g/mol. The number of rotatable bonds is 4. The molecule has 0 radical (unpaired) electrons. The summed E-state index contributed by atoms with van der Waals surface area (Å²) in [6.45, 7) is 6.45. The smallest absolute Gasteiger partial charge is 0.277 e. The molecule has 5 rings (SSSR count). The number of imidazole rings is 1. The molecule has 2 N–H and O–H groups in total. The third kappa shape index (κ3) is 4.17. The monoisotopic (exact) mass is 454 g/mol. The molecule has 1 aliphatic heterocycles. The van der Waals surface area contributed by atoms with Crippen molar-refractivity contribution < 1.29 is 0 Å². The van der Waals surface area contributed by atoms with Gasteiger partial charge in [0.05, 0.1) is 24.3 Å². The van der Waals surface area contributed by atoms with E-state index in [2.05, 4.69) is 34.9 Å². The molecule has 1 aromatic carbocycles. The number of benzene rings is 1. The van der Waals surface area contributed by atoms with Crippen LogP contribution in [-0.4, -0.2) is 38.2 Å². The summed E-state index contributed by atoms with van der Waals surface area (Å²) in [7, 11) is 0. The zero-order valence-electron chi connectivity index (χ0n) is 19.8. The number of aromatic nitrogens is 4. The Bertz CT molecular complexity index is 1470. The van der Waals surface area contributed by atoms with Gasteiger partial charge >= 0.3 is 0 Å². The lowest BCUT2D eigenvalue weighted by atomic mass is 10.1. The highest BCUT2D eigenvalue weighted by Crippen LogP contribution is 2.24. The number of nitrogens with two attached hydrogens (primary N) is 1. The quantitative estimate of drug-likeness (QED) is 0.478. The summed E-state index contributed by atoms with van der Waals surface area (Å²) >= 11 is 0. The largest absolute Gasteiger partial charge is 0.341 e. The van der Waals surface area contributed by atoms with Crippen LogP contribution in [0.25, 0.3) is 21.8 Å². The van der Waals surface area contributed by atoms with Crippen LogP contribution in [0.1, 0.15) is 37.6 Å². The first kappa shape index (κ1) is 22.2. The fourth-order valence-corrected chi connectivity index (χ4v) is 4.83. The van der Waals surface area contributed by atoms with Gasteiger partial charge < -0.3 is 15.2 Å². The van der Waals surface area contributed by atoms with Gasteiger partial charge in [0, 0.05) is 42.8 Å². The molecule has 4 aromatic rings. The van der Waals surface area contributed by atoms with E-state index in [1.807, 2.05) is 42.8 Å². The molecule has 0 aliphatic carbocycles. The normalized spacial score (nSPS) is 16.1. The van der Waals surface area contributed by atoms with Gasteiger partial charge in [0.15, 0.2) is 0 Å². The second-order valence-electron chi connectivity index (χ2n) is 8.97. The Hall–Kier alpha value is -3.63. The third-order valence-corrected chi connectivity index (χ3v) is 6.40. The van der Waals surface area contributed by atoms with Crippen molar-refractivity contribution in [1.82, 2.24) is 19.1 Å². The first-order valence-electron chi connectivity index (χ1n) is 12.0. The summed E-state index contributed by atoms with van der Waals surface area (Å²) < 4.78 is 3.70. The average molecular weight is 455 g/mol. The molecule has 1 aliphatic rings. The van der Waals surface area contributed by atoms with Gasteiger partial charge in [-0.2, -0.15) is 0 Å². The van der Waals surface area contributed by atoms with Gasteiger partial charge in [0.2, 0.25) is 5.95 Å². The van der Waals surface area contributed by atoms with Crippen LogP contribution in [0.15, 0.2) is 47.4 Å².